The molecule has 0 radical (unpaired) electrons. The smallest absolute Gasteiger partial charge is 0.246 e. The number of carbonyl (C=O) groups is 2. The Kier molecular flexibility index (Phi) is 9.11. The van der Waals surface area contributed by atoms with Crippen molar-refractivity contribution in [2.75, 3.05) is 33.5 Å². The van der Waals surface area contributed by atoms with Gasteiger partial charge in [-0.15, -0.1) is 12.4 Å². The summed E-state index contributed by atoms with van der Waals surface area (Å²) in [6.45, 7) is 5.27. The summed E-state index contributed by atoms with van der Waals surface area (Å²) >= 11 is 0. The van der Waals surface area contributed by atoms with E-state index in [4.69, 9.17) is 14.2 Å². The molecule has 3 heterocycles. The van der Waals surface area contributed by atoms with Gasteiger partial charge >= 0.3 is 0 Å². The van der Waals surface area contributed by atoms with Crippen LogP contribution in [-0.4, -0.2) is 66.7 Å². The molecule has 0 aromatic heterocycles. The number of halogens is 1. The average Bonchev–Trinajstić information content (AvgIpc) is 3.37. The highest BCUT2D eigenvalue weighted by atomic mass is 35.5. The minimum atomic E-state index is -0.724. The van der Waals surface area contributed by atoms with Gasteiger partial charge in [0.25, 0.3) is 0 Å². The third-order valence-electron chi connectivity index (χ3n) is 8.65. The fourth-order valence-electron chi connectivity index (χ4n) is 6.54. The largest absolute Gasteiger partial charge is 0.493 e. The predicted octanol–water partition coefficient (Wildman–Crippen LogP) is 4.28. The van der Waals surface area contributed by atoms with E-state index in [1.54, 1.807) is 7.11 Å². The normalized spacial score (nSPS) is 23.6. The Morgan fingerprint density at radius 2 is 1.86 bits per heavy atom. The highest BCUT2D eigenvalue weighted by molar-refractivity contribution is 6.00. The van der Waals surface area contributed by atoms with Crippen LogP contribution in [0.25, 0.3) is 0 Å². The van der Waals surface area contributed by atoms with Gasteiger partial charge in [-0.25, -0.2) is 0 Å². The summed E-state index contributed by atoms with van der Waals surface area (Å²) in [6.07, 6.45) is 10.2. The molecule has 2 amide bonds. The topological polar surface area (TPSA) is 80.3 Å². The summed E-state index contributed by atoms with van der Waals surface area (Å²) in [5, 5.41) is 3.19. The van der Waals surface area contributed by atoms with E-state index in [-0.39, 0.29) is 37.1 Å². The maximum absolute atomic E-state index is 13.7. The summed E-state index contributed by atoms with van der Waals surface area (Å²) in [5.74, 6) is 2.80. The van der Waals surface area contributed by atoms with Gasteiger partial charge in [-0.05, 0) is 49.3 Å². The maximum Gasteiger partial charge on any atom is 0.246 e. The van der Waals surface area contributed by atoms with Crippen molar-refractivity contribution in [2.24, 2.45) is 5.92 Å². The summed E-state index contributed by atoms with van der Waals surface area (Å²) in [5.41, 5.74) is 0.366. The van der Waals surface area contributed by atoms with Crippen molar-refractivity contribution in [3.05, 3.63) is 17.7 Å². The van der Waals surface area contributed by atoms with E-state index < -0.39 is 5.54 Å². The quantitative estimate of drug-likeness (QED) is 0.535. The molecular weight excluding hydrogens is 494 g/mol. The van der Waals surface area contributed by atoms with Crippen molar-refractivity contribution in [1.82, 2.24) is 15.1 Å². The van der Waals surface area contributed by atoms with Crippen LogP contribution in [0.2, 0.25) is 0 Å². The van der Waals surface area contributed by atoms with Crippen LogP contribution >= 0.6 is 12.4 Å². The number of methoxy groups -OCH3 is 1. The van der Waals surface area contributed by atoms with Crippen LogP contribution in [0, 0.1) is 5.92 Å². The summed E-state index contributed by atoms with van der Waals surface area (Å²) in [6, 6.07) is 3.65. The van der Waals surface area contributed by atoms with Crippen LogP contribution < -0.4 is 19.5 Å². The lowest BCUT2D eigenvalue weighted by Gasteiger charge is -2.52. The third-order valence-corrected chi connectivity index (χ3v) is 8.65. The lowest BCUT2D eigenvalue weighted by molar-refractivity contribution is -0.162. The minimum Gasteiger partial charge on any atom is -0.493 e. The van der Waals surface area contributed by atoms with Crippen LogP contribution in [0.1, 0.15) is 76.7 Å². The number of hydrogen-bond donors (Lipinski definition) is 1. The molecule has 8 nitrogen and oxygen atoms in total. The van der Waals surface area contributed by atoms with Crippen molar-refractivity contribution in [3.8, 4) is 17.2 Å². The van der Waals surface area contributed by atoms with Gasteiger partial charge in [-0.2, -0.15) is 0 Å². The molecule has 3 fully saturated rings. The second-order valence-corrected chi connectivity index (χ2v) is 10.9. The zero-order valence-electron chi connectivity index (χ0n) is 22.3. The Morgan fingerprint density at radius 1 is 1.11 bits per heavy atom. The number of likely N-dealkylation sites (tertiary alicyclic amines) is 1. The van der Waals surface area contributed by atoms with E-state index in [1.165, 1.54) is 32.1 Å². The third kappa shape index (κ3) is 5.65. The molecule has 1 saturated carbocycles. The van der Waals surface area contributed by atoms with Crippen LogP contribution in [0.4, 0.5) is 0 Å². The van der Waals surface area contributed by atoms with E-state index >= 15 is 0 Å². The molecule has 9 heteroatoms. The standard InChI is InChI=1S/C28H41N3O5.ClH/c1-3-4-12-31-26(32)22(15-20-8-6-5-7-9-20)29-27(33)28(31)10-13-30(14-11-28)18-21-16-23(34-2)25-24(17-21)35-19-36-25;/h16-17,20,22H,3-15,18-19H2,1-2H3,(H,29,33);1H/t22-;/m0./s1. The molecule has 2 saturated heterocycles. The molecule has 1 aliphatic carbocycles. The van der Waals surface area contributed by atoms with Gasteiger partial charge in [-0.3, -0.25) is 14.5 Å². The highest BCUT2D eigenvalue weighted by Crippen LogP contribution is 2.42. The number of carbonyl (C=O) groups excluding carboxylic acids is 2. The monoisotopic (exact) mass is 535 g/mol. The van der Waals surface area contributed by atoms with Gasteiger partial charge in [0.2, 0.25) is 24.4 Å². The fourth-order valence-corrected chi connectivity index (χ4v) is 6.54. The molecule has 1 atom stereocenters. The van der Waals surface area contributed by atoms with E-state index in [1.807, 2.05) is 17.0 Å². The lowest BCUT2D eigenvalue weighted by Crippen LogP contribution is -2.73. The molecule has 1 aromatic rings. The number of amides is 2. The number of rotatable bonds is 8. The van der Waals surface area contributed by atoms with Gasteiger partial charge in [0.1, 0.15) is 11.6 Å². The molecule has 0 bridgehead atoms. The summed E-state index contributed by atoms with van der Waals surface area (Å²) in [7, 11) is 1.64. The van der Waals surface area contributed by atoms with Crippen LogP contribution in [0.5, 0.6) is 17.2 Å². The first-order chi connectivity index (χ1) is 17.5. The molecule has 37 heavy (non-hydrogen) atoms. The van der Waals surface area contributed by atoms with Gasteiger partial charge < -0.3 is 24.4 Å². The molecule has 5 rings (SSSR count). The molecule has 3 aliphatic heterocycles. The minimum absolute atomic E-state index is 0. The molecule has 1 N–H and O–H groups in total. The second kappa shape index (κ2) is 12.1. The fraction of sp³-hybridized carbons (Fsp3) is 0.714. The molecule has 0 unspecified atom stereocenters. The number of piperazine rings is 1. The maximum atomic E-state index is 13.7. The zero-order chi connectivity index (χ0) is 25.1. The Morgan fingerprint density at radius 3 is 2.57 bits per heavy atom. The number of benzene rings is 1. The van der Waals surface area contributed by atoms with Crippen LogP contribution in [-0.2, 0) is 16.1 Å². The molecular formula is C28H42ClN3O5. The summed E-state index contributed by atoms with van der Waals surface area (Å²) in [4.78, 5) is 31.7. The van der Waals surface area contributed by atoms with Gasteiger partial charge in [0, 0.05) is 26.2 Å². The van der Waals surface area contributed by atoms with E-state index in [9.17, 15) is 9.59 Å². The number of nitrogens with zero attached hydrogens (tertiary/aromatic N) is 2. The molecule has 4 aliphatic rings. The lowest BCUT2D eigenvalue weighted by atomic mass is 9.79. The van der Waals surface area contributed by atoms with Crippen molar-refractivity contribution < 1.29 is 23.8 Å². The predicted molar refractivity (Wildman–Crippen MR) is 143 cm³/mol. The molecule has 1 spiro atoms. The number of unbranched alkanes of at least 4 members (excludes halogenated alkanes) is 1. The Balaban J connectivity index is 0.00000320. The van der Waals surface area contributed by atoms with Crippen molar-refractivity contribution in [2.45, 2.75) is 89.3 Å². The van der Waals surface area contributed by atoms with Gasteiger partial charge in [-0.1, -0.05) is 45.4 Å². The highest BCUT2D eigenvalue weighted by Gasteiger charge is 2.53. The van der Waals surface area contributed by atoms with E-state index in [2.05, 4.69) is 17.1 Å². The van der Waals surface area contributed by atoms with Gasteiger partial charge in [0.15, 0.2) is 11.5 Å². The zero-order valence-corrected chi connectivity index (χ0v) is 23.1. The Hall–Kier alpha value is -2.19. The number of ether oxygens (including phenoxy) is 3. The average molecular weight is 536 g/mol. The Labute approximate surface area is 226 Å². The van der Waals surface area contributed by atoms with E-state index in [0.717, 1.165) is 44.5 Å². The first kappa shape index (κ1) is 27.8. The first-order valence-corrected chi connectivity index (χ1v) is 13.9. The molecule has 206 valence electrons. The number of fused-ring (bicyclic) bond motifs is 1. The Bertz CT molecular complexity index is 959. The second-order valence-electron chi connectivity index (χ2n) is 10.9. The van der Waals surface area contributed by atoms with E-state index in [0.29, 0.717) is 42.6 Å². The number of nitrogens with one attached hydrogen (secondary N) is 1. The van der Waals surface area contributed by atoms with Crippen molar-refractivity contribution in [1.29, 1.82) is 0 Å². The SMILES string of the molecule is CCCCN1C(=O)[C@H](CC2CCCCC2)NC(=O)C12CCN(Cc1cc(OC)c3c(c1)OCO3)CC2.Cl. The number of piperidine rings is 1. The van der Waals surface area contributed by atoms with Crippen LogP contribution in [0.3, 0.4) is 0 Å². The van der Waals surface area contributed by atoms with Crippen LogP contribution in [0.15, 0.2) is 12.1 Å². The molecule has 1 aromatic carbocycles. The van der Waals surface area contributed by atoms with Gasteiger partial charge in [0.05, 0.1) is 7.11 Å². The van der Waals surface area contributed by atoms with Crippen molar-refractivity contribution >= 4 is 24.2 Å². The summed E-state index contributed by atoms with van der Waals surface area (Å²) < 4.78 is 16.6. The number of hydrogen-bond acceptors (Lipinski definition) is 6. The first-order valence-electron chi connectivity index (χ1n) is 13.9. The van der Waals surface area contributed by atoms with Crippen molar-refractivity contribution in [3.63, 3.8) is 0 Å².